The normalized spacial score (nSPS) is 9.75. The average Bonchev–Trinajstić information content (AvgIpc) is 2.31. The molecule has 3 heteroatoms. The summed E-state index contributed by atoms with van der Waals surface area (Å²) in [7, 11) is 0. The maximum absolute atomic E-state index is 8.85. The summed E-state index contributed by atoms with van der Waals surface area (Å²) in [4.78, 5) is 0. The molecule has 0 saturated carbocycles. The van der Waals surface area contributed by atoms with Crippen LogP contribution in [-0.2, 0) is 0 Å². The Hall–Kier alpha value is -1.98. The lowest BCUT2D eigenvalue weighted by molar-refractivity contribution is 1.48. The van der Waals surface area contributed by atoms with E-state index in [-0.39, 0.29) is 0 Å². The predicted octanol–water partition coefficient (Wildman–Crippen LogP) is 3.46. The molecule has 0 radical (unpaired) electrons. The molecule has 0 aliphatic carbocycles. The van der Waals surface area contributed by atoms with E-state index < -0.39 is 0 Å². The molecule has 0 bridgehead atoms. The smallest absolute Gasteiger partial charge is 0.0991 e. The lowest BCUT2D eigenvalue weighted by atomic mass is 10.0. The number of anilines is 1. The Morgan fingerprint density at radius 3 is 2.50 bits per heavy atom. The number of nitrogen functional groups attached to an aromatic ring is 1. The van der Waals surface area contributed by atoms with Gasteiger partial charge in [-0.25, -0.2) is 0 Å². The van der Waals surface area contributed by atoms with Gasteiger partial charge in [0, 0.05) is 21.8 Å². The number of nitrogens with zero attached hydrogens (tertiary/aromatic N) is 1. The van der Waals surface area contributed by atoms with Gasteiger partial charge in [-0.15, -0.1) is 0 Å². The van der Waals surface area contributed by atoms with Gasteiger partial charge < -0.3 is 5.73 Å². The van der Waals surface area contributed by atoms with Crippen LogP contribution in [-0.4, -0.2) is 0 Å². The standard InChI is InChI=1S/C13H9ClN2/c14-12-4-2-1-3-10(12)11-7-9(8-15)5-6-13(11)16/h1-7H,16H2. The predicted molar refractivity (Wildman–Crippen MR) is 66.0 cm³/mol. The number of hydrogen-bond acceptors (Lipinski definition) is 2. The number of benzene rings is 2. The van der Waals surface area contributed by atoms with E-state index in [1.165, 1.54) is 0 Å². The Labute approximate surface area is 98.9 Å². The van der Waals surface area contributed by atoms with Crippen LogP contribution in [0.1, 0.15) is 5.56 Å². The van der Waals surface area contributed by atoms with E-state index in [1.807, 2.05) is 18.2 Å². The molecule has 0 unspecified atom stereocenters. The molecule has 0 atom stereocenters. The number of rotatable bonds is 1. The summed E-state index contributed by atoms with van der Waals surface area (Å²) in [6.45, 7) is 0. The fraction of sp³-hybridized carbons (Fsp3) is 0. The minimum Gasteiger partial charge on any atom is -0.398 e. The first-order valence-corrected chi connectivity index (χ1v) is 5.14. The summed E-state index contributed by atoms with van der Waals surface area (Å²) in [5, 5.41) is 9.47. The first-order valence-electron chi connectivity index (χ1n) is 4.77. The molecule has 2 aromatic rings. The zero-order chi connectivity index (χ0) is 11.5. The van der Waals surface area contributed by atoms with Crippen LogP contribution < -0.4 is 5.73 Å². The van der Waals surface area contributed by atoms with Crippen molar-refractivity contribution in [2.75, 3.05) is 5.73 Å². The molecule has 2 rings (SSSR count). The van der Waals surface area contributed by atoms with Gasteiger partial charge in [0.2, 0.25) is 0 Å². The second-order valence-corrected chi connectivity index (χ2v) is 3.80. The van der Waals surface area contributed by atoms with Crippen molar-refractivity contribution < 1.29 is 0 Å². The van der Waals surface area contributed by atoms with Crippen molar-refractivity contribution in [2.45, 2.75) is 0 Å². The molecular weight excluding hydrogens is 220 g/mol. The molecule has 0 fully saturated rings. The zero-order valence-corrected chi connectivity index (χ0v) is 9.20. The molecule has 0 aliphatic rings. The zero-order valence-electron chi connectivity index (χ0n) is 8.44. The van der Waals surface area contributed by atoms with Crippen LogP contribution >= 0.6 is 11.6 Å². The third-order valence-electron chi connectivity index (χ3n) is 2.35. The van der Waals surface area contributed by atoms with Crippen molar-refractivity contribution in [3.05, 3.63) is 53.1 Å². The van der Waals surface area contributed by atoms with E-state index in [4.69, 9.17) is 22.6 Å². The quantitative estimate of drug-likeness (QED) is 0.760. The number of nitriles is 1. The topological polar surface area (TPSA) is 49.8 Å². The van der Waals surface area contributed by atoms with Crippen LogP contribution in [0.5, 0.6) is 0 Å². The summed E-state index contributed by atoms with van der Waals surface area (Å²) in [6.07, 6.45) is 0. The van der Waals surface area contributed by atoms with Crippen LogP contribution in [0.25, 0.3) is 11.1 Å². The summed E-state index contributed by atoms with van der Waals surface area (Å²) in [5.41, 5.74) is 8.71. The van der Waals surface area contributed by atoms with Crippen LogP contribution in [0.2, 0.25) is 5.02 Å². The van der Waals surface area contributed by atoms with Crippen LogP contribution in [0.3, 0.4) is 0 Å². The molecule has 2 N–H and O–H groups in total. The van der Waals surface area contributed by atoms with E-state index in [9.17, 15) is 0 Å². The maximum Gasteiger partial charge on any atom is 0.0991 e. The van der Waals surface area contributed by atoms with Gasteiger partial charge in [-0.3, -0.25) is 0 Å². The highest BCUT2D eigenvalue weighted by molar-refractivity contribution is 6.33. The van der Waals surface area contributed by atoms with Gasteiger partial charge in [-0.05, 0) is 24.3 Å². The Morgan fingerprint density at radius 2 is 1.81 bits per heavy atom. The highest BCUT2D eigenvalue weighted by Crippen LogP contribution is 2.32. The summed E-state index contributed by atoms with van der Waals surface area (Å²) < 4.78 is 0. The van der Waals surface area contributed by atoms with E-state index in [1.54, 1.807) is 24.3 Å². The molecular formula is C13H9ClN2. The summed E-state index contributed by atoms with van der Waals surface area (Å²) in [5.74, 6) is 0. The third kappa shape index (κ3) is 1.86. The third-order valence-corrected chi connectivity index (χ3v) is 2.68. The number of hydrogen-bond donors (Lipinski definition) is 1. The summed E-state index contributed by atoms with van der Waals surface area (Å²) in [6, 6.07) is 14.7. The van der Waals surface area contributed by atoms with Gasteiger partial charge in [0.15, 0.2) is 0 Å². The van der Waals surface area contributed by atoms with Crippen LogP contribution in [0, 0.1) is 11.3 Å². The van der Waals surface area contributed by atoms with Gasteiger partial charge in [-0.2, -0.15) is 5.26 Å². The van der Waals surface area contributed by atoms with E-state index in [2.05, 4.69) is 6.07 Å². The fourth-order valence-electron chi connectivity index (χ4n) is 1.54. The largest absolute Gasteiger partial charge is 0.398 e. The van der Waals surface area contributed by atoms with Gasteiger partial charge in [-0.1, -0.05) is 29.8 Å². The monoisotopic (exact) mass is 228 g/mol. The van der Waals surface area contributed by atoms with Crippen molar-refractivity contribution in [2.24, 2.45) is 0 Å². The fourth-order valence-corrected chi connectivity index (χ4v) is 1.78. The van der Waals surface area contributed by atoms with Gasteiger partial charge in [0.05, 0.1) is 11.6 Å². The Kier molecular flexibility index (Phi) is 2.80. The maximum atomic E-state index is 8.85. The second kappa shape index (κ2) is 4.26. The lowest BCUT2D eigenvalue weighted by Gasteiger charge is -2.07. The van der Waals surface area contributed by atoms with E-state index in [0.29, 0.717) is 16.3 Å². The lowest BCUT2D eigenvalue weighted by Crippen LogP contribution is -1.91. The molecule has 0 spiro atoms. The minimum atomic E-state index is 0.573. The first kappa shape index (κ1) is 10.5. The molecule has 0 aliphatic heterocycles. The van der Waals surface area contributed by atoms with Crippen molar-refractivity contribution in [1.82, 2.24) is 0 Å². The molecule has 16 heavy (non-hydrogen) atoms. The van der Waals surface area contributed by atoms with Crippen LogP contribution in [0.15, 0.2) is 42.5 Å². The minimum absolute atomic E-state index is 0.573. The van der Waals surface area contributed by atoms with Crippen molar-refractivity contribution in [1.29, 1.82) is 5.26 Å². The Balaban J connectivity index is 2.65. The molecule has 0 amide bonds. The molecule has 0 saturated heterocycles. The highest BCUT2D eigenvalue weighted by atomic mass is 35.5. The number of halogens is 1. The first-order chi connectivity index (χ1) is 7.72. The van der Waals surface area contributed by atoms with Crippen molar-refractivity contribution in [3.63, 3.8) is 0 Å². The van der Waals surface area contributed by atoms with Gasteiger partial charge in [0.1, 0.15) is 0 Å². The van der Waals surface area contributed by atoms with E-state index >= 15 is 0 Å². The molecule has 0 aromatic heterocycles. The highest BCUT2D eigenvalue weighted by Gasteiger charge is 2.07. The summed E-state index contributed by atoms with van der Waals surface area (Å²) >= 11 is 6.09. The van der Waals surface area contributed by atoms with Gasteiger partial charge in [0.25, 0.3) is 0 Å². The van der Waals surface area contributed by atoms with Gasteiger partial charge >= 0.3 is 0 Å². The van der Waals surface area contributed by atoms with Crippen molar-refractivity contribution in [3.8, 4) is 17.2 Å². The molecule has 2 aromatic carbocycles. The van der Waals surface area contributed by atoms with E-state index in [0.717, 1.165) is 11.1 Å². The Morgan fingerprint density at radius 1 is 1.06 bits per heavy atom. The van der Waals surface area contributed by atoms with Crippen molar-refractivity contribution >= 4 is 17.3 Å². The molecule has 2 nitrogen and oxygen atoms in total. The SMILES string of the molecule is N#Cc1ccc(N)c(-c2ccccc2Cl)c1. The molecule has 78 valence electrons. The average molecular weight is 229 g/mol. The molecule has 0 heterocycles. The number of nitrogens with two attached hydrogens (primary N) is 1. The second-order valence-electron chi connectivity index (χ2n) is 3.39. The van der Waals surface area contributed by atoms with Crippen LogP contribution in [0.4, 0.5) is 5.69 Å². The Bertz CT molecular complexity index is 570.